The summed E-state index contributed by atoms with van der Waals surface area (Å²) in [6.07, 6.45) is 6.59. The van der Waals surface area contributed by atoms with Crippen molar-refractivity contribution >= 4 is 0 Å². The monoisotopic (exact) mass is 252 g/mol. The van der Waals surface area contributed by atoms with Crippen molar-refractivity contribution in [1.29, 1.82) is 0 Å². The first-order valence-corrected chi connectivity index (χ1v) is 6.79. The molecule has 1 fully saturated rings. The van der Waals surface area contributed by atoms with Crippen molar-refractivity contribution in [2.75, 3.05) is 7.05 Å². The Hall–Kier alpha value is -0.940. The zero-order valence-electron chi connectivity index (χ0n) is 11.6. The van der Waals surface area contributed by atoms with Crippen molar-refractivity contribution in [2.45, 2.75) is 64.1 Å². The van der Waals surface area contributed by atoms with E-state index in [1.165, 1.54) is 32.1 Å². The average Bonchev–Trinajstić information content (AvgIpc) is 2.78. The number of nitrogens with two attached hydrogens (primary N) is 1. The molecule has 0 saturated heterocycles. The van der Waals surface area contributed by atoms with Crippen LogP contribution < -0.4 is 5.73 Å². The van der Waals surface area contributed by atoms with Crippen LogP contribution in [0.3, 0.4) is 0 Å². The number of nitrogens with zero attached hydrogens (tertiary/aromatic N) is 3. The van der Waals surface area contributed by atoms with Gasteiger partial charge in [-0.25, -0.2) is 0 Å². The van der Waals surface area contributed by atoms with Gasteiger partial charge in [0.2, 0.25) is 5.89 Å². The fourth-order valence-electron chi connectivity index (χ4n) is 2.45. The van der Waals surface area contributed by atoms with Crippen LogP contribution in [0.15, 0.2) is 4.52 Å². The van der Waals surface area contributed by atoms with Gasteiger partial charge in [-0.15, -0.1) is 0 Å². The minimum absolute atomic E-state index is 0.537. The van der Waals surface area contributed by atoms with Gasteiger partial charge >= 0.3 is 0 Å². The van der Waals surface area contributed by atoms with Gasteiger partial charge in [-0.05, 0) is 33.7 Å². The summed E-state index contributed by atoms with van der Waals surface area (Å²) >= 11 is 0. The highest BCUT2D eigenvalue weighted by molar-refractivity contribution is 4.99. The average molecular weight is 252 g/mol. The lowest BCUT2D eigenvalue weighted by molar-refractivity contribution is 0.165. The lowest BCUT2D eigenvalue weighted by Gasteiger charge is -2.29. The zero-order chi connectivity index (χ0) is 13.2. The van der Waals surface area contributed by atoms with Crippen LogP contribution in [0.5, 0.6) is 0 Å². The molecule has 2 N–H and O–H groups in total. The minimum Gasteiger partial charge on any atom is -0.338 e. The van der Waals surface area contributed by atoms with Crippen LogP contribution in [0.2, 0.25) is 0 Å². The molecule has 1 heterocycles. The molecule has 1 aromatic rings. The highest BCUT2D eigenvalue weighted by Crippen LogP contribution is 2.23. The summed E-state index contributed by atoms with van der Waals surface area (Å²) in [4.78, 5) is 6.69. The maximum absolute atomic E-state index is 5.95. The Morgan fingerprint density at radius 3 is 2.56 bits per heavy atom. The van der Waals surface area contributed by atoms with E-state index in [9.17, 15) is 0 Å². The first-order chi connectivity index (χ1) is 8.47. The maximum atomic E-state index is 5.95. The zero-order valence-corrected chi connectivity index (χ0v) is 11.6. The third-order valence-corrected chi connectivity index (χ3v) is 3.63. The van der Waals surface area contributed by atoms with Gasteiger partial charge in [-0.2, -0.15) is 4.98 Å². The van der Waals surface area contributed by atoms with Crippen molar-refractivity contribution in [1.82, 2.24) is 15.0 Å². The van der Waals surface area contributed by atoms with Crippen molar-refractivity contribution in [3.8, 4) is 0 Å². The standard InChI is InChI=1S/C13H24N4O/c1-13(2,14)12-15-11(18-16-12)9-17(3)10-7-5-4-6-8-10/h10H,4-9,14H2,1-3H3. The van der Waals surface area contributed by atoms with E-state index in [1.54, 1.807) is 0 Å². The minimum atomic E-state index is -0.537. The molecule has 0 atom stereocenters. The Kier molecular flexibility index (Phi) is 4.02. The molecular weight excluding hydrogens is 228 g/mol. The van der Waals surface area contributed by atoms with Gasteiger partial charge in [0.15, 0.2) is 5.82 Å². The summed E-state index contributed by atoms with van der Waals surface area (Å²) in [5.41, 5.74) is 5.41. The summed E-state index contributed by atoms with van der Waals surface area (Å²) < 4.78 is 5.27. The normalized spacial score (nSPS) is 18.5. The lowest BCUT2D eigenvalue weighted by atomic mass is 9.94. The van der Waals surface area contributed by atoms with E-state index in [2.05, 4.69) is 22.1 Å². The van der Waals surface area contributed by atoms with Gasteiger partial charge in [-0.1, -0.05) is 24.4 Å². The van der Waals surface area contributed by atoms with Gasteiger partial charge in [0.1, 0.15) is 0 Å². The molecule has 102 valence electrons. The van der Waals surface area contributed by atoms with Crippen LogP contribution in [0.4, 0.5) is 0 Å². The quantitative estimate of drug-likeness (QED) is 0.888. The third kappa shape index (κ3) is 3.29. The first-order valence-electron chi connectivity index (χ1n) is 6.79. The van der Waals surface area contributed by atoms with Gasteiger partial charge < -0.3 is 10.3 Å². The van der Waals surface area contributed by atoms with Crippen LogP contribution in [0.1, 0.15) is 57.7 Å². The molecule has 1 saturated carbocycles. The van der Waals surface area contributed by atoms with Crippen molar-refractivity contribution in [3.63, 3.8) is 0 Å². The summed E-state index contributed by atoms with van der Waals surface area (Å²) in [7, 11) is 2.13. The molecule has 2 rings (SSSR count). The fourth-order valence-corrected chi connectivity index (χ4v) is 2.45. The molecule has 5 nitrogen and oxygen atoms in total. The van der Waals surface area contributed by atoms with Crippen LogP contribution in [0, 0.1) is 0 Å². The SMILES string of the molecule is CN(Cc1nc(C(C)(C)N)no1)C1CCCCC1. The molecule has 1 aliphatic carbocycles. The molecule has 5 heteroatoms. The van der Waals surface area contributed by atoms with Crippen LogP contribution in [0.25, 0.3) is 0 Å². The van der Waals surface area contributed by atoms with Crippen molar-refractivity contribution in [2.24, 2.45) is 5.73 Å². The fraction of sp³-hybridized carbons (Fsp3) is 0.846. The number of rotatable bonds is 4. The summed E-state index contributed by atoms with van der Waals surface area (Å²) in [6.45, 7) is 4.48. The van der Waals surface area contributed by atoms with E-state index in [-0.39, 0.29) is 0 Å². The predicted molar refractivity (Wildman–Crippen MR) is 69.9 cm³/mol. The van der Waals surface area contributed by atoms with E-state index < -0.39 is 5.54 Å². The van der Waals surface area contributed by atoms with E-state index >= 15 is 0 Å². The Labute approximate surface area is 109 Å². The van der Waals surface area contributed by atoms with Gasteiger partial charge in [0.25, 0.3) is 0 Å². The van der Waals surface area contributed by atoms with Crippen LogP contribution >= 0.6 is 0 Å². The maximum Gasteiger partial charge on any atom is 0.240 e. The molecule has 18 heavy (non-hydrogen) atoms. The van der Waals surface area contributed by atoms with Gasteiger partial charge in [0.05, 0.1) is 12.1 Å². The Balaban J connectivity index is 1.94. The second-order valence-electron chi connectivity index (χ2n) is 5.94. The molecular formula is C13H24N4O. The smallest absolute Gasteiger partial charge is 0.240 e. The number of hydrogen-bond donors (Lipinski definition) is 1. The molecule has 1 aromatic heterocycles. The molecule has 0 spiro atoms. The third-order valence-electron chi connectivity index (χ3n) is 3.63. The first kappa shape index (κ1) is 13.5. The number of hydrogen-bond acceptors (Lipinski definition) is 5. The highest BCUT2D eigenvalue weighted by Gasteiger charge is 2.23. The Morgan fingerprint density at radius 2 is 2.00 bits per heavy atom. The van der Waals surface area contributed by atoms with E-state index in [0.717, 1.165) is 0 Å². The van der Waals surface area contributed by atoms with E-state index in [0.29, 0.717) is 24.3 Å². The molecule has 0 bridgehead atoms. The molecule has 0 aromatic carbocycles. The molecule has 1 aliphatic rings. The Bertz CT molecular complexity index is 377. The topological polar surface area (TPSA) is 68.2 Å². The molecule has 0 amide bonds. The van der Waals surface area contributed by atoms with Gasteiger partial charge in [-0.3, -0.25) is 4.90 Å². The second kappa shape index (κ2) is 5.36. The summed E-state index contributed by atoms with van der Waals surface area (Å²) in [5.74, 6) is 1.24. The predicted octanol–water partition coefficient (Wildman–Crippen LogP) is 2.03. The number of aromatic nitrogens is 2. The van der Waals surface area contributed by atoms with Crippen molar-refractivity contribution < 1.29 is 4.52 Å². The van der Waals surface area contributed by atoms with E-state index in [4.69, 9.17) is 10.3 Å². The molecule has 0 aliphatic heterocycles. The van der Waals surface area contributed by atoms with E-state index in [1.807, 2.05) is 13.8 Å². The lowest BCUT2D eigenvalue weighted by Crippen LogP contribution is -2.33. The summed E-state index contributed by atoms with van der Waals surface area (Å²) in [5, 5.41) is 3.95. The largest absolute Gasteiger partial charge is 0.338 e. The van der Waals surface area contributed by atoms with Crippen molar-refractivity contribution in [3.05, 3.63) is 11.7 Å². The summed E-state index contributed by atoms with van der Waals surface area (Å²) in [6, 6.07) is 0.653. The highest BCUT2D eigenvalue weighted by atomic mass is 16.5. The van der Waals surface area contributed by atoms with Crippen LogP contribution in [-0.2, 0) is 12.1 Å². The van der Waals surface area contributed by atoms with Crippen LogP contribution in [-0.4, -0.2) is 28.1 Å². The van der Waals surface area contributed by atoms with Gasteiger partial charge in [0, 0.05) is 6.04 Å². The Morgan fingerprint density at radius 1 is 1.33 bits per heavy atom. The molecule has 0 unspecified atom stereocenters. The molecule has 0 radical (unpaired) electrons. The second-order valence-corrected chi connectivity index (χ2v) is 5.94.